The number of likely N-dealkylation sites (tertiary alicyclic amines) is 1. The Labute approximate surface area is 200 Å². The first-order chi connectivity index (χ1) is 16.5. The van der Waals surface area contributed by atoms with E-state index in [0.29, 0.717) is 50.5 Å². The number of carbonyl (C=O) groups is 2. The van der Waals surface area contributed by atoms with E-state index in [1.807, 2.05) is 63.2 Å². The highest BCUT2D eigenvalue weighted by Crippen LogP contribution is 2.45. The molecule has 1 atom stereocenters. The number of aryl methyl sites for hydroxylation is 1. The Balaban J connectivity index is 1.49. The van der Waals surface area contributed by atoms with E-state index in [4.69, 9.17) is 18.9 Å². The second kappa shape index (κ2) is 10.6. The molecule has 7 heteroatoms. The summed E-state index contributed by atoms with van der Waals surface area (Å²) in [6.45, 7) is 7.69. The normalized spacial score (nSPS) is 19.1. The molecule has 0 N–H and O–H groups in total. The third kappa shape index (κ3) is 4.95. The Morgan fingerprint density at radius 2 is 1.71 bits per heavy atom. The average Bonchev–Trinajstić information content (AvgIpc) is 2.84. The van der Waals surface area contributed by atoms with Gasteiger partial charge in [-0.25, -0.2) is 4.79 Å². The fraction of sp³-hybridized carbons (Fsp3) is 0.481. The van der Waals surface area contributed by atoms with Crippen LogP contribution in [0.4, 0.5) is 4.79 Å². The minimum Gasteiger partial charge on any atom is -0.485 e. The van der Waals surface area contributed by atoms with Gasteiger partial charge in [0.25, 0.3) is 0 Å². The summed E-state index contributed by atoms with van der Waals surface area (Å²) in [6.07, 6.45) is -0.112. The number of hydrogen-bond acceptors (Lipinski definition) is 6. The zero-order valence-electron chi connectivity index (χ0n) is 20.1. The highest BCUT2D eigenvalue weighted by Gasteiger charge is 2.55. The van der Waals surface area contributed by atoms with E-state index in [9.17, 15) is 9.59 Å². The van der Waals surface area contributed by atoms with Gasteiger partial charge in [0.1, 0.15) is 23.9 Å². The van der Waals surface area contributed by atoms with Gasteiger partial charge in [-0.15, -0.1) is 0 Å². The third-order valence-electron chi connectivity index (χ3n) is 6.60. The third-order valence-corrected chi connectivity index (χ3v) is 6.60. The Morgan fingerprint density at radius 1 is 1.06 bits per heavy atom. The van der Waals surface area contributed by atoms with E-state index in [0.717, 1.165) is 11.1 Å². The Morgan fingerprint density at radius 3 is 2.35 bits per heavy atom. The molecule has 1 unspecified atom stereocenters. The number of ether oxygens (including phenoxy) is 4. The van der Waals surface area contributed by atoms with Gasteiger partial charge < -0.3 is 23.8 Å². The molecular formula is C27H33NO6. The first-order valence-electron chi connectivity index (χ1n) is 12.0. The van der Waals surface area contributed by atoms with Gasteiger partial charge in [-0.3, -0.25) is 4.79 Å². The molecule has 0 aliphatic carbocycles. The van der Waals surface area contributed by atoms with Gasteiger partial charge >= 0.3 is 6.09 Å². The molecule has 2 aromatic rings. The van der Waals surface area contributed by atoms with E-state index < -0.39 is 17.8 Å². The van der Waals surface area contributed by atoms with E-state index in [-0.39, 0.29) is 18.5 Å². The maximum Gasteiger partial charge on any atom is 0.410 e. The topological polar surface area (TPSA) is 74.3 Å². The summed E-state index contributed by atoms with van der Waals surface area (Å²) >= 11 is 0. The fourth-order valence-electron chi connectivity index (χ4n) is 4.79. The summed E-state index contributed by atoms with van der Waals surface area (Å²) in [7, 11) is 0. The second-order valence-corrected chi connectivity index (χ2v) is 8.81. The van der Waals surface area contributed by atoms with Crippen LogP contribution in [0.25, 0.3) is 0 Å². The van der Waals surface area contributed by atoms with Crippen LogP contribution in [-0.2, 0) is 20.8 Å². The van der Waals surface area contributed by atoms with Crippen LogP contribution in [0.15, 0.2) is 48.5 Å². The molecule has 0 bridgehead atoms. The molecular weight excluding hydrogens is 434 g/mol. The summed E-state index contributed by atoms with van der Waals surface area (Å²) in [4.78, 5) is 28.1. The minimum atomic E-state index is -0.811. The molecule has 1 spiro atoms. The van der Waals surface area contributed by atoms with E-state index in [1.54, 1.807) is 11.0 Å². The lowest BCUT2D eigenvalue weighted by Crippen LogP contribution is -2.61. The van der Waals surface area contributed by atoms with Crippen molar-refractivity contribution >= 4 is 11.9 Å². The molecule has 34 heavy (non-hydrogen) atoms. The number of Topliss-reactive ketones (excluding diaryl/α,β-unsaturated/α-hetero) is 1. The number of hydrogen-bond donors (Lipinski definition) is 0. The van der Waals surface area contributed by atoms with Gasteiger partial charge in [0, 0.05) is 39.1 Å². The number of piperidine rings is 1. The number of carbonyl (C=O) groups excluding carboxylic acids is 2. The van der Waals surface area contributed by atoms with Crippen molar-refractivity contribution in [3.8, 4) is 5.75 Å². The maximum absolute atomic E-state index is 13.6. The van der Waals surface area contributed by atoms with Gasteiger partial charge in [0.15, 0.2) is 12.1 Å². The summed E-state index contributed by atoms with van der Waals surface area (Å²) in [5.41, 5.74) is 1.84. The molecule has 2 aliphatic rings. The number of fused-ring (bicyclic) bond motifs is 1. The summed E-state index contributed by atoms with van der Waals surface area (Å²) < 4.78 is 23.8. The molecule has 2 aliphatic heterocycles. The smallest absolute Gasteiger partial charge is 0.410 e. The number of amides is 1. The lowest BCUT2D eigenvalue weighted by atomic mass is 9.73. The SMILES string of the molecule is CCOC(OCC)C1C(=O)c2ccccc2OC12CCN(C(=O)OCc1ccc(C)cc1)CC2. The quantitative estimate of drug-likeness (QED) is 0.547. The van der Waals surface area contributed by atoms with Crippen LogP contribution in [-0.4, -0.2) is 55.0 Å². The van der Waals surface area contributed by atoms with E-state index in [1.165, 1.54) is 0 Å². The van der Waals surface area contributed by atoms with Crippen molar-refractivity contribution in [3.05, 3.63) is 65.2 Å². The Bertz CT molecular complexity index is 990. The van der Waals surface area contributed by atoms with Crippen molar-refractivity contribution < 1.29 is 28.5 Å². The predicted octanol–water partition coefficient (Wildman–Crippen LogP) is 4.76. The van der Waals surface area contributed by atoms with Crippen LogP contribution < -0.4 is 4.74 Å². The molecule has 7 nitrogen and oxygen atoms in total. The minimum absolute atomic E-state index is 0.0378. The van der Waals surface area contributed by atoms with E-state index >= 15 is 0 Å². The number of benzene rings is 2. The van der Waals surface area contributed by atoms with Crippen molar-refractivity contribution in [2.45, 2.75) is 52.1 Å². The van der Waals surface area contributed by atoms with Gasteiger partial charge in [-0.2, -0.15) is 0 Å². The van der Waals surface area contributed by atoms with Crippen LogP contribution in [0.2, 0.25) is 0 Å². The molecule has 0 aromatic heterocycles. The fourth-order valence-corrected chi connectivity index (χ4v) is 4.79. The molecule has 0 saturated carbocycles. The highest BCUT2D eigenvalue weighted by molar-refractivity contribution is 6.02. The molecule has 0 radical (unpaired) electrons. The molecule has 1 fully saturated rings. The number of rotatable bonds is 7. The van der Waals surface area contributed by atoms with Crippen molar-refractivity contribution in [2.24, 2.45) is 5.92 Å². The highest BCUT2D eigenvalue weighted by atomic mass is 16.7. The zero-order chi connectivity index (χ0) is 24.1. The molecule has 182 valence electrons. The Hall–Kier alpha value is -2.90. The summed E-state index contributed by atoms with van der Waals surface area (Å²) in [6, 6.07) is 15.2. The standard InChI is InChI=1S/C27H33NO6/c1-4-31-25(32-5-2)23-24(29)21-8-6-7-9-22(21)34-27(23)14-16-28(17-15-27)26(30)33-18-20-12-10-19(3)11-13-20/h6-13,23,25H,4-5,14-18H2,1-3H3. The van der Waals surface area contributed by atoms with Gasteiger partial charge in [0.05, 0.1) is 5.56 Å². The van der Waals surface area contributed by atoms with Crippen LogP contribution >= 0.6 is 0 Å². The molecule has 2 aromatic carbocycles. The lowest BCUT2D eigenvalue weighted by molar-refractivity contribution is -0.198. The average molecular weight is 468 g/mol. The first-order valence-corrected chi connectivity index (χ1v) is 12.0. The number of para-hydroxylation sites is 1. The van der Waals surface area contributed by atoms with E-state index in [2.05, 4.69) is 0 Å². The van der Waals surface area contributed by atoms with Crippen molar-refractivity contribution in [3.63, 3.8) is 0 Å². The van der Waals surface area contributed by atoms with Crippen LogP contribution in [0.3, 0.4) is 0 Å². The number of nitrogens with zero attached hydrogens (tertiary/aromatic N) is 1. The predicted molar refractivity (Wildman–Crippen MR) is 127 cm³/mol. The van der Waals surface area contributed by atoms with Crippen molar-refractivity contribution in [1.29, 1.82) is 0 Å². The summed E-state index contributed by atoms with van der Waals surface area (Å²) in [5.74, 6) is -0.0805. The van der Waals surface area contributed by atoms with Gasteiger partial charge in [-0.1, -0.05) is 42.0 Å². The van der Waals surface area contributed by atoms with Crippen LogP contribution in [0.1, 0.15) is 48.2 Å². The maximum atomic E-state index is 13.6. The molecule has 4 rings (SSSR count). The largest absolute Gasteiger partial charge is 0.485 e. The van der Waals surface area contributed by atoms with Crippen molar-refractivity contribution in [1.82, 2.24) is 4.90 Å². The van der Waals surface area contributed by atoms with Crippen molar-refractivity contribution in [2.75, 3.05) is 26.3 Å². The zero-order valence-corrected chi connectivity index (χ0v) is 20.1. The lowest BCUT2D eigenvalue weighted by Gasteiger charge is -2.49. The molecule has 1 saturated heterocycles. The van der Waals surface area contributed by atoms with Gasteiger partial charge in [-0.05, 0) is 38.5 Å². The van der Waals surface area contributed by atoms with Crippen LogP contribution in [0.5, 0.6) is 5.75 Å². The van der Waals surface area contributed by atoms with Crippen LogP contribution in [0, 0.1) is 12.8 Å². The second-order valence-electron chi connectivity index (χ2n) is 8.81. The van der Waals surface area contributed by atoms with Gasteiger partial charge in [0.2, 0.25) is 0 Å². The number of ketones is 1. The Kier molecular flexibility index (Phi) is 7.54. The first kappa shape index (κ1) is 24.2. The molecule has 2 heterocycles. The summed E-state index contributed by atoms with van der Waals surface area (Å²) in [5, 5.41) is 0. The molecule has 1 amide bonds. The monoisotopic (exact) mass is 467 g/mol.